The van der Waals surface area contributed by atoms with Crippen LogP contribution in [-0.4, -0.2) is 0 Å². The molecule has 3 heteroatoms. The second-order valence-electron chi connectivity index (χ2n) is 14.0. The molecule has 3 heterocycles. The van der Waals surface area contributed by atoms with Crippen LogP contribution < -0.4 is 0 Å². The van der Waals surface area contributed by atoms with Crippen molar-refractivity contribution in [2.45, 2.75) is 0 Å². The van der Waals surface area contributed by atoms with Crippen LogP contribution in [0.1, 0.15) is 0 Å². The van der Waals surface area contributed by atoms with Crippen LogP contribution in [-0.2, 0) is 0 Å². The predicted octanol–water partition coefficient (Wildman–Crippen LogP) is 14.7. The Bertz CT molecular complexity index is 3410. The molecule has 0 bridgehead atoms. The van der Waals surface area contributed by atoms with Gasteiger partial charge in [-0.1, -0.05) is 115 Å². The minimum atomic E-state index is 0.848. The molecule has 0 aliphatic carbocycles. The van der Waals surface area contributed by atoms with E-state index in [-0.39, 0.29) is 0 Å². The van der Waals surface area contributed by atoms with E-state index < -0.39 is 0 Å². The van der Waals surface area contributed by atoms with Crippen molar-refractivity contribution < 1.29 is 13.3 Å². The van der Waals surface area contributed by atoms with E-state index in [4.69, 9.17) is 13.3 Å². The zero-order valence-corrected chi connectivity index (χ0v) is 28.4. The molecule has 0 fully saturated rings. The lowest BCUT2D eigenvalue weighted by atomic mass is 9.85. The van der Waals surface area contributed by atoms with Gasteiger partial charge in [0.1, 0.15) is 27.9 Å². The largest absolute Gasteiger partial charge is 0.464 e. The van der Waals surface area contributed by atoms with Crippen molar-refractivity contribution >= 4 is 87.2 Å². The molecule has 0 N–H and O–H groups in total. The summed E-state index contributed by atoms with van der Waals surface area (Å²) in [6.07, 6.45) is 1.86. The van der Waals surface area contributed by atoms with E-state index in [1.54, 1.807) is 0 Å². The van der Waals surface area contributed by atoms with E-state index in [2.05, 4.69) is 152 Å². The van der Waals surface area contributed by atoms with Crippen LogP contribution in [0.2, 0.25) is 0 Å². The molecule has 0 saturated heterocycles. The Hall–Kier alpha value is -7.10. The van der Waals surface area contributed by atoms with E-state index in [1.165, 1.54) is 49.0 Å². The molecule has 12 aromatic rings. The van der Waals surface area contributed by atoms with E-state index >= 15 is 0 Å². The molecule has 0 saturated carbocycles. The van der Waals surface area contributed by atoms with E-state index in [0.717, 1.165) is 71.5 Å². The van der Waals surface area contributed by atoms with Crippen LogP contribution in [0.4, 0.5) is 0 Å². The van der Waals surface area contributed by atoms with Gasteiger partial charge in [0, 0.05) is 32.5 Å². The van der Waals surface area contributed by atoms with Gasteiger partial charge in [0.05, 0.1) is 6.26 Å². The highest BCUT2D eigenvalue weighted by Crippen LogP contribution is 2.46. The lowest BCUT2D eigenvalue weighted by Crippen LogP contribution is -1.90. The van der Waals surface area contributed by atoms with Crippen molar-refractivity contribution in [3.63, 3.8) is 0 Å². The van der Waals surface area contributed by atoms with Crippen molar-refractivity contribution in [1.82, 2.24) is 0 Å². The minimum Gasteiger partial charge on any atom is -0.464 e. The molecule has 246 valence electrons. The molecule has 0 aliphatic heterocycles. The van der Waals surface area contributed by atoms with Crippen molar-refractivity contribution in [1.29, 1.82) is 0 Å². The van der Waals surface area contributed by atoms with E-state index in [1.807, 2.05) is 18.4 Å². The number of fused-ring (bicyclic) bond motifs is 10. The van der Waals surface area contributed by atoms with Crippen molar-refractivity contribution in [2.75, 3.05) is 0 Å². The van der Waals surface area contributed by atoms with Gasteiger partial charge in [0.2, 0.25) is 0 Å². The van der Waals surface area contributed by atoms with Gasteiger partial charge < -0.3 is 13.3 Å². The molecule has 3 aromatic heterocycles. The van der Waals surface area contributed by atoms with Crippen LogP contribution in [0, 0.1) is 0 Å². The first-order valence-electron chi connectivity index (χ1n) is 18.0. The van der Waals surface area contributed by atoms with Gasteiger partial charge in [-0.15, -0.1) is 0 Å². The average Bonchev–Trinajstić information content (AvgIpc) is 3.91. The average molecular weight is 677 g/mol. The van der Waals surface area contributed by atoms with Crippen molar-refractivity contribution in [2.24, 2.45) is 0 Å². The molecule has 0 spiro atoms. The SMILES string of the molecule is c1ccc2cc(-c3coc4cc5c(cc34)oc3cc(-c4c6ccccc6c(-c6ccc7oc8ccccc8c7c6)c6ccccc46)ccc35)ccc2c1. The number of rotatable bonds is 3. The summed E-state index contributed by atoms with van der Waals surface area (Å²) < 4.78 is 19.1. The van der Waals surface area contributed by atoms with Crippen LogP contribution in [0.15, 0.2) is 183 Å². The van der Waals surface area contributed by atoms with Crippen LogP contribution in [0.25, 0.3) is 121 Å². The number of furan rings is 3. The summed E-state index contributed by atoms with van der Waals surface area (Å²) in [6.45, 7) is 0. The first-order valence-corrected chi connectivity index (χ1v) is 18.0. The Labute approximate surface area is 302 Å². The monoisotopic (exact) mass is 676 g/mol. The number of para-hydroxylation sites is 1. The molecule has 0 amide bonds. The molecule has 0 atom stereocenters. The highest BCUT2D eigenvalue weighted by atomic mass is 16.3. The quantitative estimate of drug-likeness (QED) is 0.175. The Morgan fingerprint density at radius 1 is 0.283 bits per heavy atom. The van der Waals surface area contributed by atoms with Crippen LogP contribution in [0.3, 0.4) is 0 Å². The molecular weight excluding hydrogens is 649 g/mol. The molecule has 9 aromatic carbocycles. The van der Waals surface area contributed by atoms with Crippen molar-refractivity contribution in [3.05, 3.63) is 170 Å². The number of hydrogen-bond donors (Lipinski definition) is 0. The van der Waals surface area contributed by atoms with Gasteiger partial charge in [0.25, 0.3) is 0 Å². The highest BCUT2D eigenvalue weighted by Gasteiger charge is 2.20. The normalized spacial score (nSPS) is 12.2. The summed E-state index contributed by atoms with van der Waals surface area (Å²) in [4.78, 5) is 0. The highest BCUT2D eigenvalue weighted by molar-refractivity contribution is 6.23. The third kappa shape index (κ3) is 4.16. The number of hydrogen-bond acceptors (Lipinski definition) is 3. The second-order valence-corrected chi connectivity index (χ2v) is 14.0. The lowest BCUT2D eigenvalue weighted by molar-refractivity contribution is 0.617. The molecule has 3 nitrogen and oxygen atoms in total. The smallest absolute Gasteiger partial charge is 0.136 e. The van der Waals surface area contributed by atoms with E-state index in [9.17, 15) is 0 Å². The summed E-state index contributed by atoms with van der Waals surface area (Å²) >= 11 is 0. The fourth-order valence-corrected chi connectivity index (χ4v) is 8.66. The Morgan fingerprint density at radius 3 is 1.58 bits per heavy atom. The molecular formula is C50H28O3. The van der Waals surface area contributed by atoms with Gasteiger partial charge in [0.15, 0.2) is 0 Å². The summed E-state index contributed by atoms with van der Waals surface area (Å²) in [5.74, 6) is 0. The molecule has 53 heavy (non-hydrogen) atoms. The number of benzene rings is 9. The zero-order valence-electron chi connectivity index (χ0n) is 28.4. The Balaban J connectivity index is 1.05. The maximum absolute atomic E-state index is 6.69. The van der Waals surface area contributed by atoms with Gasteiger partial charge in [-0.2, -0.15) is 0 Å². The summed E-state index contributed by atoms with van der Waals surface area (Å²) in [6, 6.07) is 58.3. The summed E-state index contributed by atoms with van der Waals surface area (Å²) in [7, 11) is 0. The molecule has 0 radical (unpaired) electrons. The maximum atomic E-state index is 6.69. The van der Waals surface area contributed by atoms with Gasteiger partial charge >= 0.3 is 0 Å². The first-order chi connectivity index (χ1) is 26.2. The van der Waals surface area contributed by atoms with Crippen LogP contribution >= 0.6 is 0 Å². The standard InChI is InChI=1S/C50H28O3/c1-2-10-30-23-31(18-17-29(30)9-1)43-28-51-46-26-41-35-21-19-33(25-47(35)53-48(41)27-42(43)46)50-38-14-5-3-12-36(38)49(37-13-4-6-15-39(37)50)32-20-22-45-40(24-32)34-11-7-8-16-44(34)52-45/h1-28H. The van der Waals surface area contributed by atoms with E-state index in [0.29, 0.717) is 0 Å². The van der Waals surface area contributed by atoms with Crippen LogP contribution in [0.5, 0.6) is 0 Å². The zero-order chi connectivity index (χ0) is 34.6. The first kappa shape index (κ1) is 28.6. The molecule has 12 rings (SSSR count). The fourth-order valence-electron chi connectivity index (χ4n) is 8.66. The maximum Gasteiger partial charge on any atom is 0.136 e. The second kappa shape index (κ2) is 10.7. The van der Waals surface area contributed by atoms with Gasteiger partial charge in [-0.05, 0) is 109 Å². The molecule has 0 aliphatic rings. The summed E-state index contributed by atoms with van der Waals surface area (Å²) in [5, 5.41) is 12.7. The van der Waals surface area contributed by atoms with Gasteiger partial charge in [-0.25, -0.2) is 0 Å². The third-order valence-corrected chi connectivity index (χ3v) is 11.1. The minimum absolute atomic E-state index is 0.848. The Morgan fingerprint density at radius 2 is 0.811 bits per heavy atom. The van der Waals surface area contributed by atoms with Gasteiger partial charge in [-0.3, -0.25) is 0 Å². The van der Waals surface area contributed by atoms with Crippen molar-refractivity contribution in [3.8, 4) is 33.4 Å². The predicted molar refractivity (Wildman–Crippen MR) is 220 cm³/mol. The fraction of sp³-hybridized carbons (Fsp3) is 0. The lowest BCUT2D eigenvalue weighted by Gasteiger charge is -2.17. The topological polar surface area (TPSA) is 39.4 Å². The summed E-state index contributed by atoms with van der Waals surface area (Å²) in [5.41, 5.74) is 11.3. The third-order valence-electron chi connectivity index (χ3n) is 11.1. The Kier molecular flexibility index (Phi) is 5.77. The molecule has 0 unspecified atom stereocenters.